The van der Waals surface area contributed by atoms with E-state index in [-0.39, 0.29) is 23.0 Å². The largest absolute Gasteiger partial charge is 0.497 e. The molecule has 3 aromatic carbocycles. The van der Waals surface area contributed by atoms with Crippen molar-refractivity contribution in [3.8, 4) is 5.75 Å². The summed E-state index contributed by atoms with van der Waals surface area (Å²) in [5, 5.41) is 2.75. The minimum absolute atomic E-state index is 0.0509. The van der Waals surface area contributed by atoms with Crippen molar-refractivity contribution in [2.45, 2.75) is 38.3 Å². The summed E-state index contributed by atoms with van der Waals surface area (Å²) in [4.78, 5) is 28.0. The van der Waals surface area contributed by atoms with Crippen LogP contribution in [0.1, 0.15) is 25.0 Å². The number of methoxy groups -OCH3 is 1. The molecule has 3 rings (SSSR count). The Bertz CT molecular complexity index is 1360. The van der Waals surface area contributed by atoms with E-state index >= 15 is 0 Å². The number of hydrogen-bond acceptors (Lipinski definition) is 5. The van der Waals surface area contributed by atoms with E-state index in [1.165, 1.54) is 24.1 Å². The molecule has 3 aromatic rings. The van der Waals surface area contributed by atoms with Gasteiger partial charge in [-0.1, -0.05) is 51.8 Å². The van der Waals surface area contributed by atoms with E-state index in [9.17, 15) is 18.0 Å². The van der Waals surface area contributed by atoms with E-state index in [1.54, 1.807) is 50.2 Å². The average Bonchev–Trinajstić information content (AvgIpc) is 2.91. The molecule has 0 radical (unpaired) electrons. The molecular formula is C28H32BrN3O5S. The first-order valence-corrected chi connectivity index (χ1v) is 14.3. The van der Waals surface area contributed by atoms with Gasteiger partial charge in [-0.3, -0.25) is 13.9 Å². The molecule has 0 heterocycles. The highest BCUT2D eigenvalue weighted by Gasteiger charge is 2.32. The van der Waals surface area contributed by atoms with E-state index in [4.69, 9.17) is 4.74 Å². The van der Waals surface area contributed by atoms with Crippen molar-refractivity contribution in [1.29, 1.82) is 0 Å². The average molecular weight is 603 g/mol. The Balaban J connectivity index is 2.04. The number of benzene rings is 3. The maximum Gasteiger partial charge on any atom is 0.264 e. The van der Waals surface area contributed by atoms with Gasteiger partial charge in [-0.05, 0) is 62.7 Å². The first-order chi connectivity index (χ1) is 18.1. The fourth-order valence-electron chi connectivity index (χ4n) is 3.82. The van der Waals surface area contributed by atoms with Gasteiger partial charge in [-0.25, -0.2) is 8.42 Å². The molecule has 0 bridgehead atoms. The standard InChI is InChI=1S/C28H32BrN3O5S/c1-5-30-28(34)21(3)31(18-22-11-13-23(29)14-12-22)27(33)19-32(24-7-6-8-25(17-24)37-4)38(35,36)26-15-9-20(2)10-16-26/h6-17,21H,5,18-19H2,1-4H3,(H,30,34)/t21-/m1/s1. The number of ether oxygens (including phenoxy) is 1. The molecule has 38 heavy (non-hydrogen) atoms. The monoisotopic (exact) mass is 601 g/mol. The highest BCUT2D eigenvalue weighted by Crippen LogP contribution is 2.28. The number of halogens is 1. The molecule has 2 amide bonds. The van der Waals surface area contributed by atoms with Gasteiger partial charge >= 0.3 is 0 Å². The van der Waals surface area contributed by atoms with Gasteiger partial charge in [0.2, 0.25) is 11.8 Å². The number of nitrogens with one attached hydrogen (secondary N) is 1. The third-order valence-electron chi connectivity index (χ3n) is 6.01. The summed E-state index contributed by atoms with van der Waals surface area (Å²) < 4.78 is 34.9. The Labute approximate surface area is 232 Å². The zero-order valence-electron chi connectivity index (χ0n) is 21.8. The third kappa shape index (κ3) is 7.14. The summed E-state index contributed by atoms with van der Waals surface area (Å²) in [5.74, 6) is -0.404. The first kappa shape index (κ1) is 29.2. The molecule has 0 aliphatic carbocycles. The molecule has 0 saturated carbocycles. The van der Waals surface area contributed by atoms with Crippen molar-refractivity contribution in [3.63, 3.8) is 0 Å². The number of rotatable bonds is 11. The van der Waals surface area contributed by atoms with Gasteiger partial charge in [0, 0.05) is 23.6 Å². The lowest BCUT2D eigenvalue weighted by Crippen LogP contribution is -2.51. The number of carbonyl (C=O) groups excluding carboxylic acids is 2. The van der Waals surface area contributed by atoms with Gasteiger partial charge in [0.05, 0.1) is 17.7 Å². The van der Waals surface area contributed by atoms with Crippen LogP contribution in [-0.4, -0.2) is 51.4 Å². The molecule has 0 aliphatic heterocycles. The van der Waals surface area contributed by atoms with Crippen LogP contribution in [0.3, 0.4) is 0 Å². The lowest BCUT2D eigenvalue weighted by Gasteiger charge is -2.32. The SMILES string of the molecule is CCNC(=O)[C@@H](C)N(Cc1ccc(Br)cc1)C(=O)CN(c1cccc(OC)c1)S(=O)(=O)c1ccc(C)cc1. The van der Waals surface area contributed by atoms with Crippen molar-refractivity contribution in [1.82, 2.24) is 10.2 Å². The van der Waals surface area contributed by atoms with Crippen LogP contribution in [0.25, 0.3) is 0 Å². The van der Waals surface area contributed by atoms with Crippen molar-refractivity contribution in [2.24, 2.45) is 0 Å². The normalized spacial score (nSPS) is 11.9. The number of nitrogens with zero attached hydrogens (tertiary/aromatic N) is 2. The molecule has 10 heteroatoms. The second-order valence-corrected chi connectivity index (χ2v) is 11.5. The van der Waals surface area contributed by atoms with Crippen LogP contribution in [0.4, 0.5) is 5.69 Å². The maximum atomic E-state index is 13.8. The van der Waals surface area contributed by atoms with Crippen LogP contribution in [0, 0.1) is 6.92 Å². The number of likely N-dealkylation sites (N-methyl/N-ethyl adjacent to an activating group) is 1. The molecule has 0 fully saturated rings. The van der Waals surface area contributed by atoms with Gasteiger partial charge in [0.25, 0.3) is 10.0 Å². The number of hydrogen-bond donors (Lipinski definition) is 1. The van der Waals surface area contributed by atoms with Gasteiger partial charge in [0.1, 0.15) is 18.3 Å². The van der Waals surface area contributed by atoms with Crippen molar-refractivity contribution >= 4 is 43.5 Å². The molecule has 0 saturated heterocycles. The van der Waals surface area contributed by atoms with Crippen molar-refractivity contribution in [3.05, 3.63) is 88.4 Å². The van der Waals surface area contributed by atoms with Crippen molar-refractivity contribution < 1.29 is 22.7 Å². The summed E-state index contributed by atoms with van der Waals surface area (Å²) >= 11 is 3.40. The molecule has 0 aliphatic rings. The summed E-state index contributed by atoms with van der Waals surface area (Å²) in [6, 6.07) is 19.5. The molecule has 1 atom stereocenters. The van der Waals surface area contributed by atoms with Crippen LogP contribution in [0.2, 0.25) is 0 Å². The van der Waals surface area contributed by atoms with Gasteiger partial charge < -0.3 is 15.0 Å². The minimum Gasteiger partial charge on any atom is -0.497 e. The highest BCUT2D eigenvalue weighted by atomic mass is 79.9. The third-order valence-corrected chi connectivity index (χ3v) is 8.33. The predicted molar refractivity (Wildman–Crippen MR) is 152 cm³/mol. The number of anilines is 1. The predicted octanol–water partition coefficient (Wildman–Crippen LogP) is 4.51. The summed E-state index contributed by atoms with van der Waals surface area (Å²) in [6.07, 6.45) is 0. The molecular weight excluding hydrogens is 570 g/mol. The summed E-state index contributed by atoms with van der Waals surface area (Å²) in [5.41, 5.74) is 1.98. The summed E-state index contributed by atoms with van der Waals surface area (Å²) in [6.45, 7) is 5.31. The first-order valence-electron chi connectivity index (χ1n) is 12.1. The fourth-order valence-corrected chi connectivity index (χ4v) is 5.49. The van der Waals surface area contributed by atoms with Crippen LogP contribution < -0.4 is 14.4 Å². The lowest BCUT2D eigenvalue weighted by molar-refractivity contribution is -0.139. The van der Waals surface area contributed by atoms with E-state index in [1.807, 2.05) is 31.2 Å². The number of amides is 2. The Hall–Kier alpha value is -3.37. The number of sulfonamides is 1. The quantitative estimate of drug-likeness (QED) is 0.349. The Morgan fingerprint density at radius 1 is 1.03 bits per heavy atom. The van der Waals surface area contributed by atoms with E-state index in [2.05, 4.69) is 21.2 Å². The number of aryl methyl sites for hydroxylation is 1. The smallest absolute Gasteiger partial charge is 0.264 e. The second-order valence-electron chi connectivity index (χ2n) is 8.74. The van der Waals surface area contributed by atoms with Crippen LogP contribution >= 0.6 is 15.9 Å². The molecule has 0 spiro atoms. The second kappa shape index (κ2) is 12.9. The highest BCUT2D eigenvalue weighted by molar-refractivity contribution is 9.10. The van der Waals surface area contributed by atoms with E-state index < -0.39 is 28.5 Å². The van der Waals surface area contributed by atoms with Gasteiger partial charge in [-0.2, -0.15) is 0 Å². The summed E-state index contributed by atoms with van der Waals surface area (Å²) in [7, 11) is -2.65. The molecule has 8 nitrogen and oxygen atoms in total. The van der Waals surface area contributed by atoms with E-state index in [0.29, 0.717) is 12.3 Å². The van der Waals surface area contributed by atoms with Crippen LogP contribution in [0.15, 0.2) is 82.2 Å². The number of carbonyl (C=O) groups is 2. The Kier molecular flexibility index (Phi) is 9.93. The Morgan fingerprint density at radius 3 is 2.29 bits per heavy atom. The van der Waals surface area contributed by atoms with Gasteiger partial charge in [0.15, 0.2) is 0 Å². The molecule has 0 unspecified atom stereocenters. The topological polar surface area (TPSA) is 96.0 Å². The molecule has 1 N–H and O–H groups in total. The zero-order valence-corrected chi connectivity index (χ0v) is 24.3. The lowest BCUT2D eigenvalue weighted by atomic mass is 10.1. The molecule has 202 valence electrons. The van der Waals surface area contributed by atoms with Crippen LogP contribution in [-0.2, 0) is 26.2 Å². The van der Waals surface area contributed by atoms with Crippen molar-refractivity contribution in [2.75, 3.05) is 24.5 Å². The minimum atomic E-state index is -4.14. The fraction of sp³-hybridized carbons (Fsp3) is 0.286. The van der Waals surface area contributed by atoms with E-state index in [0.717, 1.165) is 19.9 Å². The Morgan fingerprint density at radius 2 is 1.68 bits per heavy atom. The maximum absolute atomic E-state index is 13.8. The molecule has 0 aromatic heterocycles. The van der Waals surface area contributed by atoms with Gasteiger partial charge in [-0.15, -0.1) is 0 Å². The van der Waals surface area contributed by atoms with Crippen LogP contribution in [0.5, 0.6) is 5.75 Å². The zero-order chi connectivity index (χ0) is 27.9.